The normalized spacial score (nSPS) is 15.0. The van der Waals surface area contributed by atoms with E-state index in [0.717, 1.165) is 26.1 Å². The smallest absolute Gasteiger partial charge is 0.273 e. The summed E-state index contributed by atoms with van der Waals surface area (Å²) in [6.45, 7) is 3.21. The van der Waals surface area contributed by atoms with Gasteiger partial charge >= 0.3 is 0 Å². The fourth-order valence-corrected chi connectivity index (χ4v) is 1.99. The molecule has 1 fully saturated rings. The van der Waals surface area contributed by atoms with Gasteiger partial charge in [-0.2, -0.15) is 0 Å². The van der Waals surface area contributed by atoms with Crippen LogP contribution in [0.5, 0.6) is 0 Å². The molecule has 1 aliphatic rings. The summed E-state index contributed by atoms with van der Waals surface area (Å²) in [5.41, 5.74) is 0.375. The fraction of sp³-hybridized carbons (Fsp3) is 0.500. The highest BCUT2D eigenvalue weighted by Gasteiger charge is 2.21. The van der Waals surface area contributed by atoms with Crippen molar-refractivity contribution in [3.05, 3.63) is 30.6 Å². The van der Waals surface area contributed by atoms with Crippen LogP contribution >= 0.6 is 0 Å². The van der Waals surface area contributed by atoms with Crippen LogP contribution in [0.15, 0.2) is 24.9 Å². The number of rotatable bonds is 6. The van der Waals surface area contributed by atoms with E-state index in [4.69, 9.17) is 0 Å². The minimum Gasteiger partial charge on any atom is -0.351 e. The maximum absolute atomic E-state index is 11.9. The Labute approximate surface area is 116 Å². The molecule has 0 atom stereocenters. The van der Waals surface area contributed by atoms with Gasteiger partial charge in [-0.3, -0.25) is 4.79 Å². The minimum absolute atomic E-state index is 0.172. The monoisotopic (exact) mass is 275 g/mol. The number of aryl methyl sites for hydroxylation is 1. The first kappa shape index (κ1) is 12.8. The number of carbonyl (C=O) groups is 1. The van der Waals surface area contributed by atoms with Crippen molar-refractivity contribution in [3.63, 3.8) is 0 Å². The lowest BCUT2D eigenvalue weighted by atomic mass is 10.2. The maximum Gasteiger partial charge on any atom is 0.273 e. The molecule has 0 radical (unpaired) electrons. The Kier molecular flexibility index (Phi) is 3.73. The molecule has 1 aliphatic heterocycles. The molecule has 3 heterocycles. The Morgan fingerprint density at radius 1 is 1.50 bits per heavy atom. The van der Waals surface area contributed by atoms with E-state index in [1.54, 1.807) is 23.4 Å². The molecule has 1 saturated heterocycles. The summed E-state index contributed by atoms with van der Waals surface area (Å²) >= 11 is 0. The van der Waals surface area contributed by atoms with E-state index >= 15 is 0 Å². The lowest BCUT2D eigenvalue weighted by Gasteiger charge is -2.26. The highest BCUT2D eigenvalue weighted by molar-refractivity contribution is 5.91. The second-order valence-electron chi connectivity index (χ2n) is 4.81. The van der Waals surface area contributed by atoms with Gasteiger partial charge in [-0.05, 0) is 6.42 Å². The SMILES string of the molecule is O=C(NCCCn1ccnc1)c1cn(C2CNC2)nn1. The number of amides is 1. The second kappa shape index (κ2) is 5.83. The highest BCUT2D eigenvalue weighted by Crippen LogP contribution is 2.09. The van der Waals surface area contributed by atoms with Gasteiger partial charge in [0.25, 0.3) is 5.91 Å². The largest absolute Gasteiger partial charge is 0.351 e. The first-order valence-corrected chi connectivity index (χ1v) is 6.69. The standard InChI is InChI=1S/C12H17N7O/c20-12(15-2-1-4-18-5-3-13-9-18)11-8-19(17-16-11)10-6-14-7-10/h3,5,8-10,14H,1-2,4,6-7H2,(H,15,20). The summed E-state index contributed by atoms with van der Waals surface area (Å²) in [7, 11) is 0. The maximum atomic E-state index is 11.9. The zero-order chi connectivity index (χ0) is 13.8. The number of imidazole rings is 1. The summed E-state index contributed by atoms with van der Waals surface area (Å²) in [5, 5.41) is 13.9. The zero-order valence-electron chi connectivity index (χ0n) is 11.1. The van der Waals surface area contributed by atoms with Gasteiger partial charge in [0.2, 0.25) is 0 Å². The molecule has 8 nitrogen and oxygen atoms in total. The molecule has 0 unspecified atom stereocenters. The molecule has 0 saturated carbocycles. The number of carbonyl (C=O) groups excluding carboxylic acids is 1. The molecule has 2 aromatic heterocycles. The third kappa shape index (κ3) is 2.85. The third-order valence-corrected chi connectivity index (χ3v) is 3.31. The summed E-state index contributed by atoms with van der Waals surface area (Å²) in [4.78, 5) is 15.9. The molecule has 8 heteroatoms. The average molecular weight is 275 g/mol. The second-order valence-corrected chi connectivity index (χ2v) is 4.81. The third-order valence-electron chi connectivity index (χ3n) is 3.31. The number of hydrogen-bond acceptors (Lipinski definition) is 5. The topological polar surface area (TPSA) is 89.7 Å². The quantitative estimate of drug-likeness (QED) is 0.690. The fourth-order valence-electron chi connectivity index (χ4n) is 1.99. The van der Waals surface area contributed by atoms with Gasteiger partial charge < -0.3 is 15.2 Å². The molecule has 2 N–H and O–H groups in total. The predicted molar refractivity (Wildman–Crippen MR) is 71.1 cm³/mol. The van der Waals surface area contributed by atoms with Gasteiger partial charge in [0.05, 0.1) is 18.6 Å². The van der Waals surface area contributed by atoms with Gasteiger partial charge in [-0.1, -0.05) is 5.21 Å². The van der Waals surface area contributed by atoms with Crippen molar-refractivity contribution in [1.82, 2.24) is 35.2 Å². The summed E-state index contributed by atoms with van der Waals surface area (Å²) in [6, 6.07) is 0.324. The number of aromatic nitrogens is 5. The lowest BCUT2D eigenvalue weighted by molar-refractivity contribution is 0.0947. The van der Waals surface area contributed by atoms with E-state index < -0.39 is 0 Å². The number of hydrogen-bond donors (Lipinski definition) is 2. The van der Waals surface area contributed by atoms with Gasteiger partial charge in [0.15, 0.2) is 5.69 Å². The molecular formula is C12H17N7O. The Morgan fingerprint density at radius 2 is 2.40 bits per heavy atom. The minimum atomic E-state index is -0.172. The lowest BCUT2D eigenvalue weighted by Crippen LogP contribution is -2.43. The van der Waals surface area contributed by atoms with E-state index in [9.17, 15) is 4.79 Å². The van der Waals surface area contributed by atoms with Crippen LogP contribution in [0.2, 0.25) is 0 Å². The van der Waals surface area contributed by atoms with Crippen molar-refractivity contribution >= 4 is 5.91 Å². The van der Waals surface area contributed by atoms with E-state index in [0.29, 0.717) is 18.3 Å². The molecular weight excluding hydrogens is 258 g/mol. The van der Waals surface area contributed by atoms with Crippen molar-refractivity contribution in [1.29, 1.82) is 0 Å². The van der Waals surface area contributed by atoms with Crippen LogP contribution in [0, 0.1) is 0 Å². The van der Waals surface area contributed by atoms with Gasteiger partial charge in [-0.15, -0.1) is 5.10 Å². The molecule has 0 aliphatic carbocycles. The summed E-state index contributed by atoms with van der Waals surface area (Å²) < 4.78 is 3.73. The van der Waals surface area contributed by atoms with Crippen LogP contribution in [-0.4, -0.2) is 50.1 Å². The van der Waals surface area contributed by atoms with Crippen molar-refractivity contribution in [3.8, 4) is 0 Å². The summed E-state index contributed by atoms with van der Waals surface area (Å²) in [6.07, 6.45) is 7.96. The molecule has 2 aromatic rings. The van der Waals surface area contributed by atoms with E-state index in [-0.39, 0.29) is 5.91 Å². The van der Waals surface area contributed by atoms with Gasteiger partial charge in [0, 0.05) is 38.6 Å². The number of nitrogens with one attached hydrogen (secondary N) is 2. The zero-order valence-corrected chi connectivity index (χ0v) is 11.1. The van der Waals surface area contributed by atoms with E-state index in [1.807, 2.05) is 10.8 Å². The van der Waals surface area contributed by atoms with Crippen molar-refractivity contribution in [2.24, 2.45) is 0 Å². The first-order chi connectivity index (χ1) is 9.83. The Balaban J connectivity index is 1.43. The van der Waals surface area contributed by atoms with E-state index in [1.165, 1.54) is 0 Å². The predicted octanol–water partition coefficient (Wildman–Crippen LogP) is -0.561. The summed E-state index contributed by atoms with van der Waals surface area (Å²) in [5.74, 6) is -0.172. The average Bonchev–Trinajstić information content (AvgIpc) is 3.03. The Morgan fingerprint density at radius 3 is 3.10 bits per heavy atom. The van der Waals surface area contributed by atoms with Crippen LogP contribution < -0.4 is 10.6 Å². The van der Waals surface area contributed by atoms with Crippen molar-refractivity contribution in [2.75, 3.05) is 19.6 Å². The van der Waals surface area contributed by atoms with Crippen molar-refractivity contribution in [2.45, 2.75) is 19.0 Å². The van der Waals surface area contributed by atoms with Crippen molar-refractivity contribution < 1.29 is 4.79 Å². The highest BCUT2D eigenvalue weighted by atomic mass is 16.2. The van der Waals surface area contributed by atoms with Crippen LogP contribution in [0.25, 0.3) is 0 Å². The van der Waals surface area contributed by atoms with Crippen LogP contribution in [-0.2, 0) is 6.54 Å². The molecule has 20 heavy (non-hydrogen) atoms. The molecule has 0 spiro atoms. The van der Waals surface area contributed by atoms with Crippen LogP contribution in [0.1, 0.15) is 23.0 Å². The van der Waals surface area contributed by atoms with Gasteiger partial charge in [-0.25, -0.2) is 9.67 Å². The molecule has 106 valence electrons. The number of nitrogens with zero attached hydrogens (tertiary/aromatic N) is 5. The Hall–Kier alpha value is -2.22. The molecule has 1 amide bonds. The molecule has 0 aromatic carbocycles. The Bertz CT molecular complexity index is 558. The molecule has 3 rings (SSSR count). The van der Waals surface area contributed by atoms with Crippen LogP contribution in [0.3, 0.4) is 0 Å². The first-order valence-electron chi connectivity index (χ1n) is 6.69. The van der Waals surface area contributed by atoms with Crippen LogP contribution in [0.4, 0.5) is 0 Å². The molecule has 0 bridgehead atoms. The van der Waals surface area contributed by atoms with E-state index in [2.05, 4.69) is 25.9 Å². The van der Waals surface area contributed by atoms with Gasteiger partial charge in [0.1, 0.15) is 0 Å².